The summed E-state index contributed by atoms with van der Waals surface area (Å²) in [7, 11) is 0. The van der Waals surface area contributed by atoms with Crippen LogP contribution in [-0.2, 0) is 9.59 Å². The number of hydrogen-bond acceptors (Lipinski definition) is 2. The van der Waals surface area contributed by atoms with E-state index in [4.69, 9.17) is 5.11 Å². The molecule has 0 radical (unpaired) electrons. The highest BCUT2D eigenvalue weighted by Crippen LogP contribution is 2.69. The minimum Gasteiger partial charge on any atom is -0.481 e. The van der Waals surface area contributed by atoms with Crippen LogP contribution in [0.4, 0.5) is 0 Å². The highest BCUT2D eigenvalue weighted by molar-refractivity contribution is 5.82. The van der Waals surface area contributed by atoms with Gasteiger partial charge in [-0.05, 0) is 49.4 Å². The van der Waals surface area contributed by atoms with Crippen molar-refractivity contribution in [3.63, 3.8) is 0 Å². The van der Waals surface area contributed by atoms with Gasteiger partial charge in [0.25, 0.3) is 0 Å². The highest BCUT2D eigenvalue weighted by Gasteiger charge is 2.67. The fraction of sp³-hybridized carbons (Fsp3) is 0.857. The Kier molecular flexibility index (Phi) is 2.83. The van der Waals surface area contributed by atoms with Gasteiger partial charge in [0, 0.05) is 12.5 Å². The largest absolute Gasteiger partial charge is 0.481 e. The maximum atomic E-state index is 12.0. The second-order valence-corrected chi connectivity index (χ2v) is 6.33. The molecular weight excluding hydrogens is 230 g/mol. The maximum Gasteiger partial charge on any atom is 0.306 e. The van der Waals surface area contributed by atoms with Crippen LogP contribution in [0.3, 0.4) is 0 Å². The molecule has 0 heterocycles. The van der Waals surface area contributed by atoms with Crippen LogP contribution in [-0.4, -0.2) is 23.5 Å². The zero-order valence-corrected chi connectivity index (χ0v) is 10.8. The minimum absolute atomic E-state index is 0.180. The van der Waals surface area contributed by atoms with E-state index >= 15 is 0 Å². The molecule has 3 rings (SSSR count). The van der Waals surface area contributed by atoms with Gasteiger partial charge in [0.2, 0.25) is 5.91 Å². The van der Waals surface area contributed by atoms with Crippen molar-refractivity contribution in [2.24, 2.45) is 35.5 Å². The molecule has 0 aromatic rings. The second-order valence-electron chi connectivity index (χ2n) is 6.33. The van der Waals surface area contributed by atoms with Gasteiger partial charge in [-0.15, -0.1) is 0 Å². The SMILES string of the molecule is CC(CCNC(=O)C1C2C3CCC(C3)C12)C(=O)O. The van der Waals surface area contributed by atoms with Crippen LogP contribution in [0.25, 0.3) is 0 Å². The monoisotopic (exact) mass is 251 g/mol. The fourth-order valence-electron chi connectivity index (χ4n) is 4.33. The number of nitrogens with one attached hydrogen (secondary N) is 1. The molecule has 2 N–H and O–H groups in total. The van der Waals surface area contributed by atoms with Crippen molar-refractivity contribution >= 4 is 11.9 Å². The number of fused-ring (bicyclic) bond motifs is 5. The topological polar surface area (TPSA) is 66.4 Å². The Hall–Kier alpha value is -1.06. The Morgan fingerprint density at radius 2 is 1.89 bits per heavy atom. The highest BCUT2D eigenvalue weighted by atomic mass is 16.4. The molecule has 5 unspecified atom stereocenters. The first-order chi connectivity index (χ1) is 8.59. The third kappa shape index (κ3) is 1.82. The lowest BCUT2D eigenvalue weighted by Gasteiger charge is -2.10. The predicted octanol–water partition coefficient (Wildman–Crippen LogP) is 1.51. The Balaban J connectivity index is 1.43. The van der Waals surface area contributed by atoms with Crippen molar-refractivity contribution in [2.45, 2.75) is 32.6 Å². The number of carbonyl (C=O) groups excluding carboxylic acids is 1. The standard InChI is InChI=1S/C14H21NO3/c1-7(14(17)18)4-5-15-13(16)12-10-8-2-3-9(6-8)11(10)12/h7-12H,2-6H2,1H3,(H,15,16)(H,17,18). The predicted molar refractivity (Wildman–Crippen MR) is 65.7 cm³/mol. The summed E-state index contributed by atoms with van der Waals surface area (Å²) in [5.41, 5.74) is 0. The molecule has 0 aromatic carbocycles. The molecule has 0 aliphatic heterocycles. The Bertz CT molecular complexity index is 365. The summed E-state index contributed by atoms with van der Waals surface area (Å²) in [6.07, 6.45) is 4.53. The first-order valence-electron chi connectivity index (χ1n) is 7.10. The summed E-state index contributed by atoms with van der Waals surface area (Å²) in [6.45, 7) is 2.18. The average molecular weight is 251 g/mol. The Morgan fingerprint density at radius 3 is 2.44 bits per heavy atom. The van der Waals surface area contributed by atoms with Crippen LogP contribution in [0.1, 0.15) is 32.6 Å². The van der Waals surface area contributed by atoms with Crippen LogP contribution in [0.2, 0.25) is 0 Å². The van der Waals surface area contributed by atoms with Gasteiger partial charge in [0.15, 0.2) is 0 Å². The number of amides is 1. The van der Waals surface area contributed by atoms with E-state index in [0.717, 1.165) is 11.8 Å². The van der Waals surface area contributed by atoms with Gasteiger partial charge in [-0.1, -0.05) is 6.92 Å². The lowest BCUT2D eigenvalue weighted by atomic mass is 10.0. The van der Waals surface area contributed by atoms with E-state index in [9.17, 15) is 9.59 Å². The third-order valence-corrected chi connectivity index (χ3v) is 5.34. The van der Waals surface area contributed by atoms with Crippen molar-refractivity contribution in [1.82, 2.24) is 5.32 Å². The van der Waals surface area contributed by atoms with Crippen LogP contribution in [0.15, 0.2) is 0 Å². The van der Waals surface area contributed by atoms with Crippen LogP contribution in [0.5, 0.6) is 0 Å². The quantitative estimate of drug-likeness (QED) is 0.778. The Labute approximate surface area is 107 Å². The van der Waals surface area contributed by atoms with Gasteiger partial charge < -0.3 is 10.4 Å². The molecule has 3 aliphatic carbocycles. The molecule has 18 heavy (non-hydrogen) atoms. The molecule has 2 bridgehead atoms. The van der Waals surface area contributed by atoms with Crippen molar-refractivity contribution in [1.29, 1.82) is 0 Å². The van der Waals surface area contributed by atoms with Gasteiger partial charge >= 0.3 is 5.97 Å². The molecule has 3 fully saturated rings. The van der Waals surface area contributed by atoms with Crippen molar-refractivity contribution in [3.8, 4) is 0 Å². The molecular formula is C14H21NO3. The van der Waals surface area contributed by atoms with Gasteiger partial charge in [0.05, 0.1) is 5.92 Å². The summed E-state index contributed by atoms with van der Waals surface area (Å²) in [6, 6.07) is 0. The molecule has 4 heteroatoms. The van der Waals surface area contributed by atoms with E-state index < -0.39 is 5.97 Å². The molecule has 0 spiro atoms. The average Bonchev–Trinajstić information content (AvgIpc) is 2.78. The normalized spacial score (nSPS) is 41.3. The number of carboxylic acids is 1. The molecule has 4 nitrogen and oxygen atoms in total. The van der Waals surface area contributed by atoms with Crippen LogP contribution in [0, 0.1) is 35.5 Å². The molecule has 5 atom stereocenters. The van der Waals surface area contributed by atoms with Crippen molar-refractivity contribution in [3.05, 3.63) is 0 Å². The van der Waals surface area contributed by atoms with E-state index in [2.05, 4.69) is 5.32 Å². The zero-order chi connectivity index (χ0) is 12.9. The smallest absolute Gasteiger partial charge is 0.306 e. The van der Waals surface area contributed by atoms with Crippen LogP contribution >= 0.6 is 0 Å². The molecule has 1 amide bonds. The van der Waals surface area contributed by atoms with E-state index in [0.29, 0.717) is 24.8 Å². The van der Waals surface area contributed by atoms with Gasteiger partial charge in [-0.25, -0.2) is 0 Å². The number of rotatable bonds is 5. The van der Waals surface area contributed by atoms with E-state index in [1.54, 1.807) is 6.92 Å². The molecule has 3 saturated carbocycles. The number of carboxylic acid groups (broad SMARTS) is 1. The first-order valence-corrected chi connectivity index (χ1v) is 7.10. The van der Waals surface area contributed by atoms with Crippen molar-refractivity contribution in [2.75, 3.05) is 6.54 Å². The first kappa shape index (κ1) is 12.0. The summed E-state index contributed by atoms with van der Waals surface area (Å²) < 4.78 is 0. The summed E-state index contributed by atoms with van der Waals surface area (Å²) in [4.78, 5) is 22.7. The lowest BCUT2D eigenvalue weighted by molar-refractivity contribution is -0.141. The maximum absolute atomic E-state index is 12.0. The molecule has 0 saturated heterocycles. The number of carbonyl (C=O) groups is 2. The van der Waals surface area contributed by atoms with Crippen LogP contribution < -0.4 is 5.32 Å². The third-order valence-electron chi connectivity index (χ3n) is 5.34. The van der Waals surface area contributed by atoms with E-state index in [1.807, 2.05) is 0 Å². The minimum atomic E-state index is -0.786. The molecule has 100 valence electrons. The summed E-state index contributed by atoms with van der Waals surface area (Å²) in [5.74, 6) is 2.24. The summed E-state index contributed by atoms with van der Waals surface area (Å²) >= 11 is 0. The molecule has 0 aromatic heterocycles. The zero-order valence-electron chi connectivity index (χ0n) is 10.8. The van der Waals surface area contributed by atoms with E-state index in [1.165, 1.54) is 19.3 Å². The fourth-order valence-corrected chi connectivity index (χ4v) is 4.33. The lowest BCUT2D eigenvalue weighted by Crippen LogP contribution is -2.30. The molecule has 3 aliphatic rings. The van der Waals surface area contributed by atoms with Gasteiger partial charge in [0.1, 0.15) is 0 Å². The summed E-state index contributed by atoms with van der Waals surface area (Å²) in [5, 5.41) is 11.7. The van der Waals surface area contributed by atoms with E-state index in [-0.39, 0.29) is 17.7 Å². The van der Waals surface area contributed by atoms with Gasteiger partial charge in [-0.2, -0.15) is 0 Å². The van der Waals surface area contributed by atoms with Crippen molar-refractivity contribution < 1.29 is 14.7 Å². The second kappa shape index (κ2) is 4.25. The van der Waals surface area contributed by atoms with Gasteiger partial charge in [-0.3, -0.25) is 9.59 Å². The number of aliphatic carboxylic acids is 1. The number of hydrogen-bond donors (Lipinski definition) is 2. The Morgan fingerprint density at radius 1 is 1.28 bits per heavy atom.